The van der Waals surface area contributed by atoms with Gasteiger partial charge in [-0.3, -0.25) is 9.59 Å². The van der Waals surface area contributed by atoms with Crippen molar-refractivity contribution in [1.29, 1.82) is 0 Å². The maximum atomic E-state index is 11.4. The maximum Gasteiger partial charge on any atom is 0.307 e. The third-order valence-electron chi connectivity index (χ3n) is 1.93. The number of carbonyl (C=O) groups excluding carboxylic acids is 2. The number of carbonyl (C=O) groups is 2. The van der Waals surface area contributed by atoms with E-state index in [2.05, 4.69) is 28.2 Å². The first-order chi connectivity index (χ1) is 6.65. The molecule has 1 unspecified atom stereocenters. The van der Waals surface area contributed by atoms with Crippen LogP contribution in [-0.4, -0.2) is 40.7 Å². The molecule has 1 fully saturated rings. The van der Waals surface area contributed by atoms with Crippen molar-refractivity contribution in [3.63, 3.8) is 0 Å². The van der Waals surface area contributed by atoms with Crippen molar-refractivity contribution in [3.05, 3.63) is 0 Å². The summed E-state index contributed by atoms with van der Waals surface area (Å²) in [7, 11) is 0. The van der Waals surface area contributed by atoms with Gasteiger partial charge in [0.25, 0.3) is 0 Å². The van der Waals surface area contributed by atoms with Gasteiger partial charge in [0.1, 0.15) is 6.04 Å². The zero-order chi connectivity index (χ0) is 10.6. The van der Waals surface area contributed by atoms with Crippen LogP contribution in [0.25, 0.3) is 0 Å². The lowest BCUT2D eigenvalue weighted by molar-refractivity contribution is -0.146. The van der Waals surface area contributed by atoms with Gasteiger partial charge in [-0.2, -0.15) is 0 Å². The van der Waals surface area contributed by atoms with Crippen molar-refractivity contribution in [2.45, 2.75) is 19.4 Å². The molecule has 0 aliphatic carbocycles. The fraction of sp³-hybridized carbons (Fsp3) is 0.750. The van der Waals surface area contributed by atoms with Crippen LogP contribution in [0, 0.1) is 0 Å². The van der Waals surface area contributed by atoms with E-state index in [0.29, 0.717) is 13.2 Å². The highest BCUT2D eigenvalue weighted by Crippen LogP contribution is 2.14. The van der Waals surface area contributed by atoms with Gasteiger partial charge in [0.2, 0.25) is 5.91 Å². The van der Waals surface area contributed by atoms with Gasteiger partial charge in [0.05, 0.1) is 13.0 Å². The van der Waals surface area contributed by atoms with E-state index < -0.39 is 0 Å². The van der Waals surface area contributed by atoms with Crippen LogP contribution in [0.4, 0.5) is 0 Å². The molecule has 14 heavy (non-hydrogen) atoms. The molecular formula is C8H13IN2O3. The Morgan fingerprint density at radius 2 is 2.50 bits per heavy atom. The summed E-state index contributed by atoms with van der Waals surface area (Å²) in [6, 6.07) is -0.386. The van der Waals surface area contributed by atoms with Crippen LogP contribution in [0.1, 0.15) is 13.3 Å². The van der Waals surface area contributed by atoms with E-state index in [1.165, 1.54) is 0 Å². The van der Waals surface area contributed by atoms with Gasteiger partial charge in [-0.1, -0.05) is 0 Å². The van der Waals surface area contributed by atoms with Crippen LogP contribution in [0.15, 0.2) is 0 Å². The number of halogens is 1. The molecule has 1 amide bonds. The Hall–Kier alpha value is -0.370. The Morgan fingerprint density at radius 1 is 1.79 bits per heavy atom. The molecule has 0 saturated carbocycles. The summed E-state index contributed by atoms with van der Waals surface area (Å²) in [6.07, 6.45) is 0.128. The molecule has 0 bridgehead atoms. The second-order valence-corrected chi connectivity index (χ2v) is 4.18. The first kappa shape index (κ1) is 11.7. The van der Waals surface area contributed by atoms with Gasteiger partial charge in [-0.25, -0.2) is 3.11 Å². The number of hydrogen-bond acceptors (Lipinski definition) is 4. The lowest BCUT2D eigenvalue weighted by Crippen LogP contribution is -2.52. The summed E-state index contributed by atoms with van der Waals surface area (Å²) in [5, 5.41) is 2.72. The third-order valence-corrected chi connectivity index (χ3v) is 3.09. The summed E-state index contributed by atoms with van der Waals surface area (Å²) < 4.78 is 6.63. The quantitative estimate of drug-likeness (QED) is 0.456. The number of ether oxygens (including phenoxy) is 1. The molecule has 0 spiro atoms. The molecular weight excluding hydrogens is 299 g/mol. The van der Waals surface area contributed by atoms with Crippen LogP contribution in [0.2, 0.25) is 0 Å². The molecule has 1 N–H and O–H groups in total. The number of hydrogen-bond donors (Lipinski definition) is 1. The molecule has 1 aliphatic rings. The maximum absolute atomic E-state index is 11.4. The van der Waals surface area contributed by atoms with Crippen molar-refractivity contribution in [3.8, 4) is 0 Å². The fourth-order valence-electron chi connectivity index (χ4n) is 1.26. The van der Waals surface area contributed by atoms with E-state index in [-0.39, 0.29) is 24.3 Å². The minimum absolute atomic E-state index is 0.0984. The van der Waals surface area contributed by atoms with E-state index in [1.54, 1.807) is 6.92 Å². The number of nitrogens with one attached hydrogen (secondary N) is 1. The Balaban J connectivity index is 2.47. The standard InChI is InChI=1S/C8H13IN2O3/c1-2-14-7(12)5-6-8(13)10-3-4-11(6)9/h6H,2-5H2,1H3,(H,10,13). The van der Waals surface area contributed by atoms with Crippen LogP contribution in [-0.2, 0) is 14.3 Å². The molecule has 0 aromatic carbocycles. The lowest BCUT2D eigenvalue weighted by Gasteiger charge is -2.29. The molecule has 1 heterocycles. The second-order valence-electron chi connectivity index (χ2n) is 2.94. The summed E-state index contributed by atoms with van der Waals surface area (Å²) in [5.74, 6) is -0.421. The first-order valence-electron chi connectivity index (χ1n) is 4.51. The average molecular weight is 312 g/mol. The zero-order valence-corrected chi connectivity index (χ0v) is 10.1. The SMILES string of the molecule is CCOC(=O)CC1C(=O)NCCN1I. The number of amides is 1. The molecule has 5 nitrogen and oxygen atoms in total. The van der Waals surface area contributed by atoms with Crippen LogP contribution < -0.4 is 5.32 Å². The minimum atomic E-state index is -0.386. The molecule has 1 aliphatic heterocycles. The summed E-state index contributed by atoms with van der Waals surface area (Å²) in [6.45, 7) is 3.51. The normalized spacial score (nSPS) is 23.0. The van der Waals surface area contributed by atoms with Crippen molar-refractivity contribution >= 4 is 34.7 Å². The Kier molecular flexibility index (Phi) is 4.59. The monoisotopic (exact) mass is 312 g/mol. The molecule has 6 heteroatoms. The Bertz CT molecular complexity index is 235. The van der Waals surface area contributed by atoms with E-state index >= 15 is 0 Å². The van der Waals surface area contributed by atoms with Gasteiger partial charge >= 0.3 is 5.97 Å². The molecule has 0 aromatic heterocycles. The topological polar surface area (TPSA) is 58.6 Å². The van der Waals surface area contributed by atoms with E-state index in [9.17, 15) is 9.59 Å². The van der Waals surface area contributed by atoms with Gasteiger partial charge in [0, 0.05) is 36.0 Å². The van der Waals surface area contributed by atoms with Crippen molar-refractivity contribution in [1.82, 2.24) is 8.43 Å². The lowest BCUT2D eigenvalue weighted by atomic mass is 10.1. The molecule has 80 valence electrons. The molecule has 1 saturated heterocycles. The van der Waals surface area contributed by atoms with E-state index in [4.69, 9.17) is 4.74 Å². The van der Waals surface area contributed by atoms with Gasteiger partial charge < -0.3 is 10.1 Å². The van der Waals surface area contributed by atoms with Gasteiger partial charge in [0.15, 0.2) is 0 Å². The predicted molar refractivity (Wildman–Crippen MR) is 58.8 cm³/mol. The number of esters is 1. The van der Waals surface area contributed by atoms with Crippen molar-refractivity contribution in [2.24, 2.45) is 0 Å². The van der Waals surface area contributed by atoms with Crippen LogP contribution in [0.3, 0.4) is 0 Å². The number of nitrogens with zero attached hydrogens (tertiary/aromatic N) is 1. The number of piperazine rings is 1. The molecule has 0 aromatic rings. The minimum Gasteiger partial charge on any atom is -0.466 e. The zero-order valence-electron chi connectivity index (χ0n) is 7.96. The Morgan fingerprint density at radius 3 is 3.07 bits per heavy atom. The van der Waals surface area contributed by atoms with Crippen molar-refractivity contribution in [2.75, 3.05) is 19.7 Å². The smallest absolute Gasteiger partial charge is 0.307 e. The highest BCUT2D eigenvalue weighted by Gasteiger charge is 2.30. The molecule has 1 atom stereocenters. The number of rotatable bonds is 3. The largest absolute Gasteiger partial charge is 0.466 e. The molecule has 1 rings (SSSR count). The van der Waals surface area contributed by atoms with E-state index in [0.717, 1.165) is 6.54 Å². The average Bonchev–Trinajstić information content (AvgIpc) is 2.12. The van der Waals surface area contributed by atoms with Gasteiger partial charge in [-0.05, 0) is 6.92 Å². The fourth-order valence-corrected chi connectivity index (χ4v) is 1.95. The first-order valence-corrected chi connectivity index (χ1v) is 5.47. The van der Waals surface area contributed by atoms with Crippen LogP contribution in [0.5, 0.6) is 0 Å². The Labute approximate surface area is 96.7 Å². The third kappa shape index (κ3) is 3.09. The summed E-state index contributed by atoms with van der Waals surface area (Å²) in [5.41, 5.74) is 0. The summed E-state index contributed by atoms with van der Waals surface area (Å²) in [4.78, 5) is 22.5. The van der Waals surface area contributed by atoms with Gasteiger partial charge in [-0.15, -0.1) is 0 Å². The second kappa shape index (κ2) is 5.50. The van der Waals surface area contributed by atoms with E-state index in [1.807, 2.05) is 3.11 Å². The molecule has 0 radical (unpaired) electrons. The highest BCUT2D eigenvalue weighted by atomic mass is 127. The van der Waals surface area contributed by atoms with Crippen LogP contribution >= 0.6 is 22.9 Å². The predicted octanol–water partition coefficient (Wildman–Crippen LogP) is 0.0900. The highest BCUT2D eigenvalue weighted by molar-refractivity contribution is 14.1. The summed E-state index contributed by atoms with van der Waals surface area (Å²) >= 11 is 2.06. The van der Waals surface area contributed by atoms with Crippen molar-refractivity contribution < 1.29 is 14.3 Å².